The summed E-state index contributed by atoms with van der Waals surface area (Å²) in [6.45, 7) is 2.89. The van der Waals surface area contributed by atoms with E-state index in [2.05, 4.69) is 29.6 Å². The van der Waals surface area contributed by atoms with Crippen LogP contribution in [0, 0.1) is 0 Å². The van der Waals surface area contributed by atoms with Gasteiger partial charge in [0.2, 0.25) is 0 Å². The fourth-order valence-electron chi connectivity index (χ4n) is 2.72. The summed E-state index contributed by atoms with van der Waals surface area (Å²) in [4.78, 5) is 11.6. The Morgan fingerprint density at radius 2 is 2.28 bits per heavy atom. The number of fused-ring (bicyclic) bond motifs is 1. The molecule has 0 heterocycles. The molecule has 1 aromatic rings. The van der Waals surface area contributed by atoms with Gasteiger partial charge in [-0.05, 0) is 36.3 Å². The second kappa shape index (κ2) is 6.35. The number of alkyl halides is 1. The molecule has 0 aromatic heterocycles. The van der Waals surface area contributed by atoms with Crippen LogP contribution in [0.25, 0.3) is 0 Å². The summed E-state index contributed by atoms with van der Waals surface area (Å²) in [5.41, 5.74) is 2.90. The lowest BCUT2D eigenvalue weighted by Gasteiger charge is -2.18. The number of benzene rings is 1. The molecule has 3 heteroatoms. The summed E-state index contributed by atoms with van der Waals surface area (Å²) < 4.78 is 0. The second-order valence-corrected chi connectivity index (χ2v) is 5.17. The molecule has 1 aromatic carbocycles. The summed E-state index contributed by atoms with van der Waals surface area (Å²) in [5.74, 6) is 0.746. The van der Waals surface area contributed by atoms with Crippen LogP contribution in [-0.4, -0.2) is 24.2 Å². The monoisotopic (exact) mass is 265 g/mol. The predicted octanol–water partition coefficient (Wildman–Crippen LogP) is 2.89. The van der Waals surface area contributed by atoms with Crippen LogP contribution >= 0.6 is 11.6 Å². The molecule has 0 saturated carbocycles. The fraction of sp³-hybridized carbons (Fsp3) is 0.533. The van der Waals surface area contributed by atoms with Crippen molar-refractivity contribution in [2.45, 2.75) is 38.1 Å². The number of aryl methyl sites for hydroxylation is 1. The molecule has 0 saturated heterocycles. The smallest absolute Gasteiger partial charge is 0.164 e. The van der Waals surface area contributed by atoms with E-state index in [1.54, 1.807) is 0 Å². The Kier molecular flexibility index (Phi) is 4.79. The van der Waals surface area contributed by atoms with E-state index in [0.29, 0.717) is 5.92 Å². The van der Waals surface area contributed by atoms with E-state index in [4.69, 9.17) is 11.6 Å². The number of ketones is 1. The largest absolute Gasteiger partial charge is 0.307 e. The van der Waals surface area contributed by atoms with E-state index >= 15 is 0 Å². The first-order chi connectivity index (χ1) is 8.76. The van der Waals surface area contributed by atoms with Gasteiger partial charge in [-0.1, -0.05) is 31.2 Å². The highest BCUT2D eigenvalue weighted by Crippen LogP contribution is 2.32. The van der Waals surface area contributed by atoms with Gasteiger partial charge in [0.15, 0.2) is 5.78 Å². The summed E-state index contributed by atoms with van der Waals surface area (Å²) in [6.07, 6.45) is 3.14. The minimum atomic E-state index is -0.0877. The van der Waals surface area contributed by atoms with Gasteiger partial charge in [-0.15, -0.1) is 11.6 Å². The molecule has 98 valence electrons. The van der Waals surface area contributed by atoms with Gasteiger partial charge in [-0.2, -0.15) is 0 Å². The van der Waals surface area contributed by atoms with Crippen molar-refractivity contribution in [3.05, 3.63) is 35.4 Å². The van der Waals surface area contributed by atoms with E-state index in [1.807, 2.05) is 6.92 Å². The molecule has 0 bridgehead atoms. The number of nitrogens with one attached hydrogen (secondary N) is 1. The van der Waals surface area contributed by atoms with Gasteiger partial charge >= 0.3 is 0 Å². The highest BCUT2D eigenvalue weighted by atomic mass is 35.5. The average molecular weight is 266 g/mol. The standard InChI is InChI=1S/C15H20ClNO/c1-2-14(15(18)9-16)17-10-12-8-7-11-5-3-4-6-13(11)12/h3-6,12,14,17H,2,7-10H2,1H3. The van der Waals surface area contributed by atoms with Gasteiger partial charge in [0, 0.05) is 6.54 Å². The Morgan fingerprint density at radius 3 is 3.00 bits per heavy atom. The number of rotatable bonds is 6. The van der Waals surface area contributed by atoms with Gasteiger partial charge in [0.1, 0.15) is 0 Å². The van der Waals surface area contributed by atoms with Crippen LogP contribution in [0.3, 0.4) is 0 Å². The zero-order chi connectivity index (χ0) is 13.0. The summed E-state index contributed by atoms with van der Waals surface area (Å²) in [6, 6.07) is 8.52. The highest BCUT2D eigenvalue weighted by molar-refractivity contribution is 6.28. The zero-order valence-electron chi connectivity index (χ0n) is 10.8. The molecule has 0 aliphatic heterocycles. The van der Waals surface area contributed by atoms with Crippen molar-refractivity contribution in [2.24, 2.45) is 0 Å². The Balaban J connectivity index is 1.94. The van der Waals surface area contributed by atoms with Gasteiger partial charge in [-0.3, -0.25) is 4.79 Å². The second-order valence-electron chi connectivity index (χ2n) is 4.90. The van der Waals surface area contributed by atoms with Crippen LogP contribution in [0.15, 0.2) is 24.3 Å². The Labute approximate surface area is 114 Å². The maximum atomic E-state index is 11.6. The first-order valence-electron chi connectivity index (χ1n) is 6.66. The third kappa shape index (κ3) is 2.93. The van der Waals surface area contributed by atoms with E-state index in [9.17, 15) is 4.79 Å². The van der Waals surface area contributed by atoms with Crippen molar-refractivity contribution in [3.63, 3.8) is 0 Å². The first-order valence-corrected chi connectivity index (χ1v) is 7.19. The van der Waals surface area contributed by atoms with E-state index < -0.39 is 0 Å². The third-order valence-corrected chi connectivity index (χ3v) is 4.06. The summed E-state index contributed by atoms with van der Waals surface area (Å²) in [5, 5.41) is 3.37. The average Bonchev–Trinajstić information content (AvgIpc) is 2.82. The number of hydrogen-bond acceptors (Lipinski definition) is 2. The maximum absolute atomic E-state index is 11.6. The minimum Gasteiger partial charge on any atom is -0.307 e. The van der Waals surface area contributed by atoms with Crippen LogP contribution in [0.2, 0.25) is 0 Å². The molecule has 1 aliphatic carbocycles. The molecular weight excluding hydrogens is 246 g/mol. The molecular formula is C15H20ClNO. The summed E-state index contributed by atoms with van der Waals surface area (Å²) >= 11 is 5.61. The SMILES string of the molecule is CCC(NCC1CCc2ccccc21)C(=O)CCl. The number of hydrogen-bond donors (Lipinski definition) is 1. The van der Waals surface area contributed by atoms with Crippen molar-refractivity contribution in [2.75, 3.05) is 12.4 Å². The minimum absolute atomic E-state index is 0.0877. The number of carbonyl (C=O) groups excluding carboxylic acids is 1. The first kappa shape index (κ1) is 13.6. The lowest BCUT2D eigenvalue weighted by molar-refractivity contribution is -0.118. The fourth-order valence-corrected chi connectivity index (χ4v) is 2.91. The number of carbonyl (C=O) groups is 1. The van der Waals surface area contributed by atoms with Crippen molar-refractivity contribution in [3.8, 4) is 0 Å². The Bertz CT molecular complexity index is 419. The van der Waals surface area contributed by atoms with Crippen molar-refractivity contribution in [1.29, 1.82) is 0 Å². The lowest BCUT2D eigenvalue weighted by Crippen LogP contribution is -2.39. The van der Waals surface area contributed by atoms with Crippen LogP contribution in [0.4, 0.5) is 0 Å². The number of halogens is 1. The van der Waals surface area contributed by atoms with Crippen LogP contribution < -0.4 is 5.32 Å². The van der Waals surface area contributed by atoms with Crippen LogP contribution in [0.1, 0.15) is 36.8 Å². The predicted molar refractivity (Wildman–Crippen MR) is 75.3 cm³/mol. The summed E-state index contributed by atoms with van der Waals surface area (Å²) in [7, 11) is 0. The molecule has 2 nitrogen and oxygen atoms in total. The molecule has 2 atom stereocenters. The third-order valence-electron chi connectivity index (χ3n) is 3.80. The molecule has 18 heavy (non-hydrogen) atoms. The normalized spacial score (nSPS) is 19.6. The Hall–Kier alpha value is -0.860. The van der Waals surface area contributed by atoms with Gasteiger partial charge in [0.25, 0.3) is 0 Å². The van der Waals surface area contributed by atoms with Crippen molar-refractivity contribution < 1.29 is 4.79 Å². The van der Waals surface area contributed by atoms with Crippen molar-refractivity contribution >= 4 is 17.4 Å². The highest BCUT2D eigenvalue weighted by Gasteiger charge is 2.23. The molecule has 1 aliphatic rings. The molecule has 0 spiro atoms. The van der Waals surface area contributed by atoms with E-state index in [1.165, 1.54) is 17.5 Å². The molecule has 2 rings (SSSR count). The number of Topliss-reactive ketones (excluding diaryl/α,β-unsaturated/α-hetero) is 1. The molecule has 1 N–H and O–H groups in total. The van der Waals surface area contributed by atoms with Gasteiger partial charge in [0.05, 0.1) is 11.9 Å². The van der Waals surface area contributed by atoms with Gasteiger partial charge < -0.3 is 5.32 Å². The quantitative estimate of drug-likeness (QED) is 0.802. The molecule has 0 fully saturated rings. The van der Waals surface area contributed by atoms with Crippen LogP contribution in [0.5, 0.6) is 0 Å². The van der Waals surface area contributed by atoms with Crippen LogP contribution in [-0.2, 0) is 11.2 Å². The molecule has 2 unspecified atom stereocenters. The zero-order valence-corrected chi connectivity index (χ0v) is 11.5. The lowest BCUT2D eigenvalue weighted by atomic mass is 10.0. The topological polar surface area (TPSA) is 29.1 Å². The molecule has 0 radical (unpaired) electrons. The van der Waals surface area contributed by atoms with E-state index in [0.717, 1.165) is 19.4 Å². The maximum Gasteiger partial charge on any atom is 0.164 e. The van der Waals surface area contributed by atoms with Gasteiger partial charge in [-0.25, -0.2) is 0 Å². The molecule has 0 amide bonds. The Morgan fingerprint density at radius 1 is 1.50 bits per heavy atom. The van der Waals surface area contributed by atoms with E-state index in [-0.39, 0.29) is 17.7 Å². The van der Waals surface area contributed by atoms with Crippen molar-refractivity contribution in [1.82, 2.24) is 5.32 Å².